The summed E-state index contributed by atoms with van der Waals surface area (Å²) in [6.45, 7) is 0. The van der Waals surface area contributed by atoms with Gasteiger partial charge in [0.25, 0.3) is 0 Å². The molecule has 0 saturated heterocycles. The molecule has 2 aliphatic rings. The van der Waals surface area contributed by atoms with Crippen LogP contribution in [0.2, 0.25) is 0 Å². The van der Waals surface area contributed by atoms with E-state index in [0.29, 0.717) is 12.5 Å². The fourth-order valence-corrected chi connectivity index (χ4v) is 2.84. The van der Waals surface area contributed by atoms with E-state index in [-0.39, 0.29) is 11.5 Å². The number of carbonyl (C=O) groups excluding carboxylic acids is 1. The molecule has 2 aliphatic carbocycles. The van der Waals surface area contributed by atoms with Crippen LogP contribution in [0.15, 0.2) is 0 Å². The van der Waals surface area contributed by atoms with Crippen molar-refractivity contribution in [2.75, 3.05) is 7.11 Å². The summed E-state index contributed by atoms with van der Waals surface area (Å²) in [6.07, 6.45) is 10.0. The van der Waals surface area contributed by atoms with Crippen LogP contribution in [0.4, 0.5) is 0 Å². The zero-order valence-corrected chi connectivity index (χ0v) is 10.3. The number of rotatable bonds is 4. The molecule has 0 aromatic heterocycles. The Morgan fingerprint density at radius 1 is 1.25 bits per heavy atom. The number of hydrogen-bond donors (Lipinski definition) is 1. The maximum Gasteiger partial charge on any atom is 0.223 e. The summed E-state index contributed by atoms with van der Waals surface area (Å²) in [7, 11) is 1.73. The van der Waals surface area contributed by atoms with E-state index in [9.17, 15) is 4.79 Å². The molecule has 3 nitrogen and oxygen atoms in total. The number of hydrogen-bond acceptors (Lipinski definition) is 2. The van der Waals surface area contributed by atoms with Gasteiger partial charge in [0.1, 0.15) is 0 Å². The van der Waals surface area contributed by atoms with Gasteiger partial charge in [-0.2, -0.15) is 0 Å². The molecule has 2 saturated carbocycles. The summed E-state index contributed by atoms with van der Waals surface area (Å²) in [5.74, 6) is 0.188. The lowest BCUT2D eigenvalue weighted by Crippen LogP contribution is -2.46. The summed E-state index contributed by atoms with van der Waals surface area (Å²) in [5, 5.41) is 3.16. The van der Waals surface area contributed by atoms with E-state index in [4.69, 9.17) is 4.74 Å². The molecule has 2 rings (SSSR count). The van der Waals surface area contributed by atoms with Crippen molar-refractivity contribution >= 4 is 5.91 Å². The van der Waals surface area contributed by atoms with Crippen LogP contribution in [0, 0.1) is 0 Å². The number of methoxy groups -OCH3 is 1. The van der Waals surface area contributed by atoms with Crippen molar-refractivity contribution < 1.29 is 9.53 Å². The fraction of sp³-hybridized carbons (Fsp3) is 0.923. The van der Waals surface area contributed by atoms with Crippen molar-refractivity contribution in [2.45, 2.75) is 69.4 Å². The first-order chi connectivity index (χ1) is 7.74. The SMILES string of the molecule is COC1(CC(=O)NC2CCCCC2)CCC1. The molecule has 0 aromatic carbocycles. The quantitative estimate of drug-likeness (QED) is 0.798. The molecule has 1 N–H and O–H groups in total. The Bertz CT molecular complexity index is 237. The third-order valence-electron chi connectivity index (χ3n) is 4.15. The van der Waals surface area contributed by atoms with Crippen LogP contribution in [0.5, 0.6) is 0 Å². The van der Waals surface area contributed by atoms with Gasteiger partial charge < -0.3 is 10.1 Å². The Morgan fingerprint density at radius 2 is 1.94 bits per heavy atom. The topological polar surface area (TPSA) is 38.3 Å². The maximum atomic E-state index is 11.9. The lowest BCUT2D eigenvalue weighted by atomic mass is 9.77. The second kappa shape index (κ2) is 5.17. The fourth-order valence-electron chi connectivity index (χ4n) is 2.84. The monoisotopic (exact) mass is 225 g/mol. The molecule has 0 unspecified atom stereocenters. The van der Waals surface area contributed by atoms with Crippen molar-refractivity contribution in [1.82, 2.24) is 5.32 Å². The molecular formula is C13H23NO2. The van der Waals surface area contributed by atoms with E-state index in [1.807, 2.05) is 0 Å². The number of nitrogens with one attached hydrogen (secondary N) is 1. The average molecular weight is 225 g/mol. The Balaban J connectivity index is 1.74. The summed E-state index contributed by atoms with van der Waals surface area (Å²) in [6, 6.07) is 0.426. The van der Waals surface area contributed by atoms with Gasteiger partial charge in [-0.3, -0.25) is 4.79 Å². The van der Waals surface area contributed by atoms with Crippen LogP contribution in [0.1, 0.15) is 57.8 Å². The predicted molar refractivity (Wildman–Crippen MR) is 63.2 cm³/mol. The van der Waals surface area contributed by atoms with E-state index in [0.717, 1.165) is 25.7 Å². The lowest BCUT2D eigenvalue weighted by molar-refractivity contribution is -0.135. The van der Waals surface area contributed by atoms with E-state index >= 15 is 0 Å². The molecule has 1 amide bonds. The summed E-state index contributed by atoms with van der Waals surface area (Å²) in [4.78, 5) is 11.9. The molecule has 0 aromatic rings. The van der Waals surface area contributed by atoms with Crippen LogP contribution in [0.3, 0.4) is 0 Å². The van der Waals surface area contributed by atoms with Crippen LogP contribution in [-0.4, -0.2) is 24.7 Å². The van der Waals surface area contributed by atoms with Crippen molar-refractivity contribution in [3.63, 3.8) is 0 Å². The highest BCUT2D eigenvalue weighted by molar-refractivity contribution is 5.77. The van der Waals surface area contributed by atoms with E-state index < -0.39 is 0 Å². The van der Waals surface area contributed by atoms with Gasteiger partial charge >= 0.3 is 0 Å². The zero-order chi connectivity index (χ0) is 11.4. The third kappa shape index (κ3) is 2.76. The molecule has 0 aliphatic heterocycles. The predicted octanol–water partition coefficient (Wildman–Crippen LogP) is 2.39. The van der Waals surface area contributed by atoms with Crippen LogP contribution < -0.4 is 5.32 Å². The Kier molecular flexibility index (Phi) is 3.85. The first kappa shape index (κ1) is 11.9. The van der Waals surface area contributed by atoms with Crippen molar-refractivity contribution in [2.24, 2.45) is 0 Å². The van der Waals surface area contributed by atoms with Crippen LogP contribution in [-0.2, 0) is 9.53 Å². The first-order valence-corrected chi connectivity index (χ1v) is 6.59. The number of ether oxygens (including phenoxy) is 1. The minimum Gasteiger partial charge on any atom is -0.378 e. The van der Waals surface area contributed by atoms with Gasteiger partial charge in [0.2, 0.25) is 5.91 Å². The van der Waals surface area contributed by atoms with Crippen LogP contribution >= 0.6 is 0 Å². The molecular weight excluding hydrogens is 202 g/mol. The normalized spacial score (nSPS) is 24.8. The molecule has 0 atom stereocenters. The van der Waals surface area contributed by atoms with E-state index in [2.05, 4.69) is 5.32 Å². The van der Waals surface area contributed by atoms with Gasteiger partial charge in [0.05, 0.1) is 12.0 Å². The minimum absolute atomic E-state index is 0.126. The summed E-state index contributed by atoms with van der Waals surface area (Å²) >= 11 is 0. The number of amides is 1. The standard InChI is InChI=1S/C13H23NO2/c1-16-13(8-5-9-13)10-12(15)14-11-6-3-2-4-7-11/h11H,2-10H2,1H3,(H,14,15). The van der Waals surface area contributed by atoms with Gasteiger partial charge in [0, 0.05) is 13.2 Å². The smallest absolute Gasteiger partial charge is 0.223 e. The van der Waals surface area contributed by atoms with Gasteiger partial charge in [-0.05, 0) is 32.1 Å². The second-order valence-corrected chi connectivity index (χ2v) is 5.32. The van der Waals surface area contributed by atoms with Crippen molar-refractivity contribution in [1.29, 1.82) is 0 Å². The van der Waals surface area contributed by atoms with E-state index in [1.54, 1.807) is 7.11 Å². The molecule has 0 radical (unpaired) electrons. The molecule has 2 fully saturated rings. The highest BCUT2D eigenvalue weighted by atomic mass is 16.5. The Labute approximate surface area is 97.9 Å². The Hall–Kier alpha value is -0.570. The van der Waals surface area contributed by atoms with Crippen molar-refractivity contribution in [3.05, 3.63) is 0 Å². The maximum absolute atomic E-state index is 11.9. The van der Waals surface area contributed by atoms with Gasteiger partial charge in [-0.25, -0.2) is 0 Å². The highest BCUT2D eigenvalue weighted by Gasteiger charge is 2.39. The molecule has 0 spiro atoms. The van der Waals surface area contributed by atoms with E-state index in [1.165, 1.54) is 25.7 Å². The summed E-state index contributed by atoms with van der Waals surface area (Å²) < 4.78 is 5.47. The molecule has 0 bridgehead atoms. The number of carbonyl (C=O) groups is 1. The van der Waals surface area contributed by atoms with Crippen molar-refractivity contribution in [3.8, 4) is 0 Å². The average Bonchev–Trinajstić information content (AvgIpc) is 2.25. The first-order valence-electron chi connectivity index (χ1n) is 6.59. The largest absolute Gasteiger partial charge is 0.378 e. The molecule has 3 heteroatoms. The Morgan fingerprint density at radius 3 is 2.44 bits per heavy atom. The van der Waals surface area contributed by atoms with Crippen LogP contribution in [0.25, 0.3) is 0 Å². The second-order valence-electron chi connectivity index (χ2n) is 5.32. The third-order valence-corrected chi connectivity index (χ3v) is 4.15. The summed E-state index contributed by atoms with van der Waals surface area (Å²) in [5.41, 5.74) is -0.126. The minimum atomic E-state index is -0.126. The molecule has 0 heterocycles. The molecule has 16 heavy (non-hydrogen) atoms. The molecule has 92 valence electrons. The highest BCUT2D eigenvalue weighted by Crippen LogP contribution is 2.37. The van der Waals surface area contributed by atoms with Gasteiger partial charge in [-0.1, -0.05) is 19.3 Å². The zero-order valence-electron chi connectivity index (χ0n) is 10.3. The van der Waals surface area contributed by atoms with Gasteiger partial charge in [-0.15, -0.1) is 0 Å². The van der Waals surface area contributed by atoms with Gasteiger partial charge in [0.15, 0.2) is 0 Å². The lowest BCUT2D eigenvalue weighted by Gasteiger charge is -2.40.